The molecule has 16 heteroatoms. The summed E-state index contributed by atoms with van der Waals surface area (Å²) in [6.45, 7) is 1.44. The molecule has 3 aliphatic heterocycles. The van der Waals surface area contributed by atoms with Crippen molar-refractivity contribution in [2.45, 2.75) is 112 Å². The second-order valence-corrected chi connectivity index (χ2v) is 11.3. The predicted octanol–water partition coefficient (Wildman–Crippen LogP) is -5.14. The first kappa shape index (κ1) is 32.8. The molecular weight excluding hydrogens is 546 g/mol. The van der Waals surface area contributed by atoms with Crippen molar-refractivity contribution >= 4 is 0 Å². The third-order valence-electron chi connectivity index (χ3n) is 8.24. The summed E-state index contributed by atoms with van der Waals surface area (Å²) in [6, 6.07) is -1.94. The maximum absolute atomic E-state index is 11.2. The summed E-state index contributed by atoms with van der Waals surface area (Å²) in [4.78, 5) is 0. The quantitative estimate of drug-likeness (QED) is 0.113. The molecule has 4 aliphatic rings. The molecule has 1 saturated carbocycles. The maximum Gasteiger partial charge on any atom is 0.215 e. The standard InChI is InChI=1S/C25H47N5O11/c1-9-16(32)18(34)14(6-26)37-23(9)40-21-15(8-31)38-25(19(21)35)41-22-17(33)12(28)5-13(29)20(22)39-24-11(27)4-3-10(36-24)7-30-2/h3,9,11-25,30-35H,4-8,26-29H2,1-2H3/t9-,11-,12-,13+,14?,15-,16-,17+,18-,19-,20-,21-,22-,23-,24-,25+/m1/s1. The van der Waals surface area contributed by atoms with E-state index < -0.39 is 104 Å². The van der Waals surface area contributed by atoms with Gasteiger partial charge in [-0.2, -0.15) is 0 Å². The molecule has 0 aromatic heterocycles. The van der Waals surface area contributed by atoms with E-state index in [9.17, 15) is 25.5 Å². The van der Waals surface area contributed by atoms with Crippen LogP contribution in [0.15, 0.2) is 11.8 Å². The van der Waals surface area contributed by atoms with Crippen molar-refractivity contribution in [3.63, 3.8) is 0 Å². The summed E-state index contributed by atoms with van der Waals surface area (Å²) in [5.41, 5.74) is 24.4. The Morgan fingerprint density at radius 3 is 2.15 bits per heavy atom. The van der Waals surface area contributed by atoms with Crippen LogP contribution in [0.25, 0.3) is 0 Å². The lowest BCUT2D eigenvalue weighted by molar-refractivity contribution is -0.296. The lowest BCUT2D eigenvalue weighted by Crippen LogP contribution is -2.65. The first-order valence-corrected chi connectivity index (χ1v) is 14.1. The van der Waals surface area contributed by atoms with E-state index in [2.05, 4.69) is 5.32 Å². The van der Waals surface area contributed by atoms with Crippen LogP contribution in [0.1, 0.15) is 19.8 Å². The average molecular weight is 594 g/mol. The van der Waals surface area contributed by atoms with Gasteiger partial charge in [0.2, 0.25) is 6.29 Å². The number of likely N-dealkylation sites (N-methyl/N-ethyl adjacent to an activating group) is 1. The van der Waals surface area contributed by atoms with Gasteiger partial charge in [0.25, 0.3) is 0 Å². The molecule has 16 atom stereocenters. The van der Waals surface area contributed by atoms with Gasteiger partial charge in [0.15, 0.2) is 12.6 Å². The molecule has 41 heavy (non-hydrogen) atoms. The van der Waals surface area contributed by atoms with Gasteiger partial charge in [-0.05, 0) is 26.0 Å². The van der Waals surface area contributed by atoms with Crippen LogP contribution in [0.5, 0.6) is 0 Å². The molecule has 0 aromatic rings. The molecule has 0 aromatic carbocycles. The highest BCUT2D eigenvalue weighted by molar-refractivity contribution is 5.04. The summed E-state index contributed by atoms with van der Waals surface area (Å²) < 4.78 is 35.6. The first-order valence-electron chi connectivity index (χ1n) is 14.1. The Labute approximate surface area is 238 Å². The second-order valence-electron chi connectivity index (χ2n) is 11.3. The Kier molecular flexibility index (Phi) is 11.3. The minimum atomic E-state index is -1.47. The molecule has 0 spiro atoms. The number of ether oxygens (including phenoxy) is 6. The summed E-state index contributed by atoms with van der Waals surface area (Å²) in [7, 11) is 1.78. The summed E-state index contributed by atoms with van der Waals surface area (Å²) in [6.07, 6.45) is -11.1. The Morgan fingerprint density at radius 1 is 0.829 bits per heavy atom. The average Bonchev–Trinajstić information content (AvgIpc) is 3.24. The first-order chi connectivity index (χ1) is 19.5. The third-order valence-corrected chi connectivity index (χ3v) is 8.24. The number of aliphatic hydroxyl groups excluding tert-OH is 5. The predicted molar refractivity (Wildman–Crippen MR) is 141 cm³/mol. The topological polar surface area (TPSA) is 273 Å². The molecule has 2 saturated heterocycles. The maximum atomic E-state index is 11.2. The van der Waals surface area contributed by atoms with E-state index in [0.717, 1.165) is 0 Å². The zero-order chi connectivity index (χ0) is 30.0. The molecule has 4 rings (SSSR count). The van der Waals surface area contributed by atoms with Gasteiger partial charge in [-0.15, -0.1) is 0 Å². The molecule has 14 N–H and O–H groups in total. The van der Waals surface area contributed by atoms with Crippen LogP contribution in [-0.4, -0.2) is 144 Å². The monoisotopic (exact) mass is 593 g/mol. The van der Waals surface area contributed by atoms with Crippen molar-refractivity contribution in [1.29, 1.82) is 0 Å². The van der Waals surface area contributed by atoms with Crippen LogP contribution >= 0.6 is 0 Å². The van der Waals surface area contributed by atoms with Crippen LogP contribution in [0.4, 0.5) is 0 Å². The largest absolute Gasteiger partial charge is 0.467 e. The Bertz CT molecular complexity index is 874. The van der Waals surface area contributed by atoms with Crippen molar-refractivity contribution in [2.24, 2.45) is 28.9 Å². The number of nitrogens with two attached hydrogens (primary N) is 4. The van der Waals surface area contributed by atoms with Gasteiger partial charge in [-0.25, -0.2) is 0 Å². The van der Waals surface area contributed by atoms with Gasteiger partial charge in [-0.1, -0.05) is 6.92 Å². The van der Waals surface area contributed by atoms with Crippen molar-refractivity contribution in [1.82, 2.24) is 5.32 Å². The van der Waals surface area contributed by atoms with E-state index in [1.54, 1.807) is 14.0 Å². The normalized spacial score (nSPS) is 49.0. The fraction of sp³-hybridized carbons (Fsp3) is 0.920. The molecule has 3 fully saturated rings. The van der Waals surface area contributed by atoms with Crippen LogP contribution in [0, 0.1) is 5.92 Å². The van der Waals surface area contributed by atoms with Crippen LogP contribution in [0.3, 0.4) is 0 Å². The summed E-state index contributed by atoms with van der Waals surface area (Å²) in [5.74, 6) is -0.0536. The van der Waals surface area contributed by atoms with Crippen LogP contribution in [-0.2, 0) is 28.4 Å². The summed E-state index contributed by atoms with van der Waals surface area (Å²) >= 11 is 0. The van der Waals surface area contributed by atoms with E-state index in [-0.39, 0.29) is 13.0 Å². The lowest BCUT2D eigenvalue weighted by Gasteiger charge is -2.45. The van der Waals surface area contributed by atoms with Gasteiger partial charge < -0.3 is 82.2 Å². The van der Waals surface area contributed by atoms with Gasteiger partial charge in [0.1, 0.15) is 48.5 Å². The molecule has 1 unspecified atom stereocenters. The van der Waals surface area contributed by atoms with Gasteiger partial charge in [-0.3, -0.25) is 0 Å². The van der Waals surface area contributed by atoms with Gasteiger partial charge >= 0.3 is 0 Å². The third kappa shape index (κ3) is 7.03. The fourth-order valence-electron chi connectivity index (χ4n) is 5.70. The molecule has 238 valence electrons. The number of hydrogen-bond acceptors (Lipinski definition) is 16. The minimum Gasteiger partial charge on any atom is -0.467 e. The van der Waals surface area contributed by atoms with Crippen LogP contribution in [0.2, 0.25) is 0 Å². The van der Waals surface area contributed by atoms with E-state index in [0.29, 0.717) is 18.7 Å². The number of rotatable bonds is 10. The Hall–Kier alpha value is -1.06. The zero-order valence-electron chi connectivity index (χ0n) is 23.3. The molecule has 3 heterocycles. The minimum absolute atomic E-state index is 0.0776. The van der Waals surface area contributed by atoms with Gasteiger partial charge in [0.05, 0.1) is 31.4 Å². The smallest absolute Gasteiger partial charge is 0.215 e. The zero-order valence-corrected chi connectivity index (χ0v) is 23.3. The second kappa shape index (κ2) is 14.1. The molecule has 0 amide bonds. The van der Waals surface area contributed by atoms with Crippen molar-refractivity contribution in [3.8, 4) is 0 Å². The van der Waals surface area contributed by atoms with Crippen molar-refractivity contribution in [2.75, 3.05) is 26.7 Å². The van der Waals surface area contributed by atoms with E-state index in [1.807, 2.05) is 6.08 Å². The van der Waals surface area contributed by atoms with Crippen molar-refractivity contribution in [3.05, 3.63) is 11.8 Å². The number of hydrogen-bond donors (Lipinski definition) is 10. The molecule has 1 aliphatic carbocycles. The van der Waals surface area contributed by atoms with E-state index in [1.165, 1.54) is 0 Å². The highest BCUT2D eigenvalue weighted by Gasteiger charge is 2.53. The molecule has 0 radical (unpaired) electrons. The summed E-state index contributed by atoms with van der Waals surface area (Å²) in [5, 5.41) is 55.8. The molecule has 0 bridgehead atoms. The molecular formula is C25H47N5O11. The van der Waals surface area contributed by atoms with E-state index in [4.69, 9.17) is 51.4 Å². The number of nitrogens with one attached hydrogen (secondary N) is 1. The molecule has 16 nitrogen and oxygen atoms in total. The fourth-order valence-corrected chi connectivity index (χ4v) is 5.70. The highest BCUT2D eigenvalue weighted by Crippen LogP contribution is 2.35. The lowest BCUT2D eigenvalue weighted by atomic mass is 9.84. The Balaban J connectivity index is 1.48. The van der Waals surface area contributed by atoms with E-state index >= 15 is 0 Å². The van der Waals surface area contributed by atoms with Crippen LogP contribution < -0.4 is 28.3 Å². The Morgan fingerprint density at radius 2 is 1.49 bits per heavy atom. The van der Waals surface area contributed by atoms with Gasteiger partial charge in [0, 0.05) is 24.5 Å². The number of aliphatic hydroxyl groups is 5. The SMILES string of the molecule is CNCC1=CC[C@@H](N)[C@@H](O[C@H]2[C@H](O[C@@H]3O[C@H](CO)[C@@H](O[C@H]4OC(CN)[C@@H](O)[C@H](O)[C@H]4C)[C@H]3O)[C@@H](O)[C@H](N)C[C@@H]2N)O1. The highest BCUT2D eigenvalue weighted by atomic mass is 16.8. The van der Waals surface area contributed by atoms with Crippen molar-refractivity contribution < 1.29 is 54.0 Å².